The summed E-state index contributed by atoms with van der Waals surface area (Å²) in [6.45, 7) is 5.16. The average molecular weight is 194 g/mol. The third-order valence-electron chi connectivity index (χ3n) is 2.16. The van der Waals surface area contributed by atoms with Gasteiger partial charge in [-0.05, 0) is 12.8 Å². The summed E-state index contributed by atoms with van der Waals surface area (Å²) in [5.74, 6) is 1.47. The Labute approximate surface area is 85.0 Å². The van der Waals surface area contributed by atoms with Crippen LogP contribution in [0.15, 0.2) is 6.33 Å². The SMILES string of the molecule is CCCCNc1ncnc(N)c1CC. The van der Waals surface area contributed by atoms with Crippen molar-refractivity contribution < 1.29 is 0 Å². The smallest absolute Gasteiger partial charge is 0.134 e. The second-order valence-electron chi connectivity index (χ2n) is 3.22. The van der Waals surface area contributed by atoms with Gasteiger partial charge in [0.15, 0.2) is 0 Å². The lowest BCUT2D eigenvalue weighted by Gasteiger charge is -2.10. The molecule has 0 fully saturated rings. The lowest BCUT2D eigenvalue weighted by molar-refractivity contribution is 0.828. The molecule has 0 aromatic carbocycles. The van der Waals surface area contributed by atoms with Crippen LogP contribution in [-0.2, 0) is 6.42 Å². The van der Waals surface area contributed by atoms with Crippen molar-refractivity contribution >= 4 is 11.6 Å². The van der Waals surface area contributed by atoms with E-state index >= 15 is 0 Å². The first kappa shape index (κ1) is 10.8. The molecule has 0 unspecified atom stereocenters. The molecule has 1 rings (SSSR count). The van der Waals surface area contributed by atoms with Crippen molar-refractivity contribution in [2.24, 2.45) is 0 Å². The molecular weight excluding hydrogens is 176 g/mol. The minimum Gasteiger partial charge on any atom is -0.383 e. The first-order chi connectivity index (χ1) is 6.79. The molecule has 0 aliphatic rings. The minimum atomic E-state index is 0.585. The average Bonchev–Trinajstić information content (AvgIpc) is 2.18. The van der Waals surface area contributed by atoms with Crippen LogP contribution in [0, 0.1) is 0 Å². The largest absolute Gasteiger partial charge is 0.383 e. The topological polar surface area (TPSA) is 63.8 Å². The van der Waals surface area contributed by atoms with Gasteiger partial charge in [-0.25, -0.2) is 9.97 Å². The lowest BCUT2D eigenvalue weighted by atomic mass is 10.2. The number of anilines is 2. The fourth-order valence-electron chi connectivity index (χ4n) is 1.31. The van der Waals surface area contributed by atoms with Gasteiger partial charge in [-0.1, -0.05) is 20.3 Å². The summed E-state index contributed by atoms with van der Waals surface area (Å²) in [7, 11) is 0. The van der Waals surface area contributed by atoms with E-state index in [0.29, 0.717) is 5.82 Å². The standard InChI is InChI=1S/C10H18N4/c1-3-5-6-12-10-8(4-2)9(11)13-7-14-10/h7H,3-6H2,1-2H3,(H3,11,12,13,14). The van der Waals surface area contributed by atoms with Gasteiger partial charge in [0.2, 0.25) is 0 Å². The summed E-state index contributed by atoms with van der Waals surface area (Å²) in [6, 6.07) is 0. The number of rotatable bonds is 5. The summed E-state index contributed by atoms with van der Waals surface area (Å²) in [6.07, 6.45) is 4.69. The molecular formula is C10H18N4. The zero-order chi connectivity index (χ0) is 10.4. The minimum absolute atomic E-state index is 0.585. The number of aromatic nitrogens is 2. The highest BCUT2D eigenvalue weighted by molar-refractivity contribution is 5.54. The molecule has 78 valence electrons. The summed E-state index contributed by atoms with van der Waals surface area (Å²) in [4.78, 5) is 8.15. The number of hydrogen-bond acceptors (Lipinski definition) is 4. The zero-order valence-corrected chi connectivity index (χ0v) is 8.88. The van der Waals surface area contributed by atoms with E-state index in [0.717, 1.165) is 30.8 Å². The lowest BCUT2D eigenvalue weighted by Crippen LogP contribution is -2.08. The molecule has 4 heteroatoms. The van der Waals surface area contributed by atoms with Crippen molar-refractivity contribution in [1.82, 2.24) is 9.97 Å². The molecule has 0 atom stereocenters. The third-order valence-corrected chi connectivity index (χ3v) is 2.16. The van der Waals surface area contributed by atoms with Gasteiger partial charge < -0.3 is 11.1 Å². The number of nitrogens with one attached hydrogen (secondary N) is 1. The molecule has 0 amide bonds. The van der Waals surface area contributed by atoms with E-state index in [2.05, 4.69) is 29.1 Å². The predicted molar refractivity (Wildman–Crippen MR) is 59.2 cm³/mol. The molecule has 0 saturated heterocycles. The summed E-state index contributed by atoms with van der Waals surface area (Å²) in [5, 5.41) is 3.27. The van der Waals surface area contributed by atoms with E-state index in [1.807, 2.05) is 0 Å². The molecule has 0 radical (unpaired) electrons. The van der Waals surface area contributed by atoms with Crippen LogP contribution in [-0.4, -0.2) is 16.5 Å². The van der Waals surface area contributed by atoms with Crippen molar-refractivity contribution in [1.29, 1.82) is 0 Å². The van der Waals surface area contributed by atoms with E-state index in [1.54, 1.807) is 0 Å². The van der Waals surface area contributed by atoms with Crippen LogP contribution >= 0.6 is 0 Å². The fraction of sp³-hybridized carbons (Fsp3) is 0.600. The molecule has 0 bridgehead atoms. The molecule has 0 saturated carbocycles. The van der Waals surface area contributed by atoms with Gasteiger partial charge >= 0.3 is 0 Å². The highest BCUT2D eigenvalue weighted by Gasteiger charge is 2.05. The normalized spacial score (nSPS) is 10.1. The molecule has 0 spiro atoms. The van der Waals surface area contributed by atoms with Gasteiger partial charge in [0, 0.05) is 12.1 Å². The quantitative estimate of drug-likeness (QED) is 0.702. The van der Waals surface area contributed by atoms with Gasteiger partial charge in [-0.2, -0.15) is 0 Å². The van der Waals surface area contributed by atoms with Crippen molar-refractivity contribution in [2.45, 2.75) is 33.1 Å². The molecule has 1 heterocycles. The van der Waals surface area contributed by atoms with Gasteiger partial charge in [-0.3, -0.25) is 0 Å². The van der Waals surface area contributed by atoms with Crippen LogP contribution in [0.1, 0.15) is 32.3 Å². The Kier molecular flexibility index (Phi) is 4.16. The van der Waals surface area contributed by atoms with Gasteiger partial charge in [0.25, 0.3) is 0 Å². The van der Waals surface area contributed by atoms with E-state index in [1.165, 1.54) is 12.7 Å². The van der Waals surface area contributed by atoms with Gasteiger partial charge in [-0.15, -0.1) is 0 Å². The number of nitrogens with zero attached hydrogens (tertiary/aromatic N) is 2. The van der Waals surface area contributed by atoms with E-state index in [9.17, 15) is 0 Å². The summed E-state index contributed by atoms with van der Waals surface area (Å²) < 4.78 is 0. The maximum absolute atomic E-state index is 5.75. The Morgan fingerprint density at radius 2 is 2.14 bits per heavy atom. The fourth-order valence-corrected chi connectivity index (χ4v) is 1.31. The molecule has 4 nitrogen and oxygen atoms in total. The molecule has 14 heavy (non-hydrogen) atoms. The Morgan fingerprint density at radius 1 is 1.36 bits per heavy atom. The molecule has 3 N–H and O–H groups in total. The number of hydrogen-bond donors (Lipinski definition) is 2. The van der Waals surface area contributed by atoms with Crippen LogP contribution in [0.2, 0.25) is 0 Å². The van der Waals surface area contributed by atoms with Crippen LogP contribution in [0.5, 0.6) is 0 Å². The van der Waals surface area contributed by atoms with Crippen LogP contribution in [0.4, 0.5) is 11.6 Å². The van der Waals surface area contributed by atoms with Crippen molar-refractivity contribution in [3.8, 4) is 0 Å². The number of unbranched alkanes of at least 4 members (excludes halogenated alkanes) is 1. The predicted octanol–water partition coefficient (Wildman–Crippen LogP) is 1.83. The Hall–Kier alpha value is -1.32. The second kappa shape index (κ2) is 5.42. The Morgan fingerprint density at radius 3 is 2.79 bits per heavy atom. The second-order valence-corrected chi connectivity index (χ2v) is 3.22. The van der Waals surface area contributed by atoms with Crippen molar-refractivity contribution in [3.05, 3.63) is 11.9 Å². The monoisotopic (exact) mass is 194 g/mol. The van der Waals surface area contributed by atoms with Crippen LogP contribution in [0.25, 0.3) is 0 Å². The molecule has 0 aliphatic heterocycles. The number of nitrogens with two attached hydrogens (primary N) is 1. The van der Waals surface area contributed by atoms with Gasteiger partial charge in [0.05, 0.1) is 0 Å². The van der Waals surface area contributed by atoms with E-state index in [-0.39, 0.29) is 0 Å². The van der Waals surface area contributed by atoms with Gasteiger partial charge in [0.1, 0.15) is 18.0 Å². The van der Waals surface area contributed by atoms with Crippen LogP contribution in [0.3, 0.4) is 0 Å². The van der Waals surface area contributed by atoms with Crippen molar-refractivity contribution in [3.63, 3.8) is 0 Å². The van der Waals surface area contributed by atoms with Crippen LogP contribution < -0.4 is 11.1 Å². The Balaban J connectivity index is 2.70. The van der Waals surface area contributed by atoms with E-state index in [4.69, 9.17) is 5.73 Å². The van der Waals surface area contributed by atoms with Crippen molar-refractivity contribution in [2.75, 3.05) is 17.6 Å². The summed E-state index contributed by atoms with van der Waals surface area (Å²) >= 11 is 0. The first-order valence-corrected chi connectivity index (χ1v) is 5.12. The molecule has 1 aromatic rings. The highest BCUT2D eigenvalue weighted by Crippen LogP contribution is 2.17. The molecule has 1 aromatic heterocycles. The highest BCUT2D eigenvalue weighted by atomic mass is 15.0. The maximum atomic E-state index is 5.75. The zero-order valence-electron chi connectivity index (χ0n) is 8.88. The maximum Gasteiger partial charge on any atom is 0.134 e. The number of nitrogen functional groups attached to an aromatic ring is 1. The summed E-state index contributed by atoms with van der Waals surface area (Å²) in [5.41, 5.74) is 6.76. The van der Waals surface area contributed by atoms with E-state index < -0.39 is 0 Å². The molecule has 0 aliphatic carbocycles. The first-order valence-electron chi connectivity index (χ1n) is 5.12. The Bertz CT molecular complexity index is 285. The third kappa shape index (κ3) is 2.58.